The number of hydrogen-bond acceptors (Lipinski definition) is 5. The standard InChI is InChI=1S/C23H30N4O3/c1-3-26-12-14-27(15-13-26)17-18-4-8-20(9-5-18)25-22(28)16-24-23(29)19-6-10-21(30-2)11-7-19/h4-11H,3,12-17H2,1-2H3,(H,24,29)(H,25,28). The van der Waals surface area contributed by atoms with Gasteiger partial charge in [-0.2, -0.15) is 0 Å². The summed E-state index contributed by atoms with van der Waals surface area (Å²) in [4.78, 5) is 29.2. The summed E-state index contributed by atoms with van der Waals surface area (Å²) in [5.41, 5.74) is 2.43. The molecule has 1 saturated heterocycles. The van der Waals surface area contributed by atoms with E-state index in [4.69, 9.17) is 4.74 Å². The van der Waals surface area contributed by atoms with Gasteiger partial charge < -0.3 is 20.3 Å². The molecule has 2 N–H and O–H groups in total. The number of likely N-dealkylation sites (N-methyl/N-ethyl adjacent to an activating group) is 1. The number of rotatable bonds is 8. The molecule has 30 heavy (non-hydrogen) atoms. The third kappa shape index (κ3) is 6.30. The van der Waals surface area contributed by atoms with Gasteiger partial charge in [0.2, 0.25) is 5.91 Å². The molecule has 0 radical (unpaired) electrons. The fourth-order valence-corrected chi connectivity index (χ4v) is 3.43. The lowest BCUT2D eigenvalue weighted by atomic mass is 10.1. The Kier molecular flexibility index (Phi) is 7.82. The van der Waals surface area contributed by atoms with Crippen LogP contribution in [0.5, 0.6) is 5.75 Å². The van der Waals surface area contributed by atoms with Gasteiger partial charge in [0.1, 0.15) is 5.75 Å². The number of anilines is 1. The fourth-order valence-electron chi connectivity index (χ4n) is 3.43. The molecular weight excluding hydrogens is 380 g/mol. The molecule has 2 amide bonds. The van der Waals surface area contributed by atoms with Crippen molar-refractivity contribution in [1.82, 2.24) is 15.1 Å². The quantitative estimate of drug-likeness (QED) is 0.698. The average Bonchev–Trinajstić information content (AvgIpc) is 2.79. The van der Waals surface area contributed by atoms with Gasteiger partial charge in [-0.3, -0.25) is 14.5 Å². The van der Waals surface area contributed by atoms with Gasteiger partial charge in [0, 0.05) is 44.0 Å². The van der Waals surface area contributed by atoms with Crippen molar-refractivity contribution < 1.29 is 14.3 Å². The normalized spacial score (nSPS) is 14.9. The lowest BCUT2D eigenvalue weighted by molar-refractivity contribution is -0.115. The van der Waals surface area contributed by atoms with Crippen molar-refractivity contribution >= 4 is 17.5 Å². The fraction of sp³-hybridized carbons (Fsp3) is 0.391. The van der Waals surface area contributed by atoms with Crippen molar-refractivity contribution in [2.24, 2.45) is 0 Å². The zero-order valence-corrected chi connectivity index (χ0v) is 17.7. The lowest BCUT2D eigenvalue weighted by Crippen LogP contribution is -2.45. The predicted molar refractivity (Wildman–Crippen MR) is 118 cm³/mol. The van der Waals surface area contributed by atoms with Crippen LogP contribution < -0.4 is 15.4 Å². The first kappa shape index (κ1) is 21.8. The summed E-state index contributed by atoms with van der Waals surface area (Å²) in [7, 11) is 1.57. The third-order valence-electron chi connectivity index (χ3n) is 5.32. The molecule has 0 atom stereocenters. The van der Waals surface area contributed by atoms with Crippen molar-refractivity contribution in [2.45, 2.75) is 13.5 Å². The number of hydrogen-bond donors (Lipinski definition) is 2. The maximum atomic E-state index is 12.2. The maximum Gasteiger partial charge on any atom is 0.251 e. The molecule has 1 aliphatic rings. The summed E-state index contributed by atoms with van der Waals surface area (Å²) in [6.45, 7) is 8.55. The summed E-state index contributed by atoms with van der Waals surface area (Å²) in [6, 6.07) is 14.6. The number of ether oxygens (including phenoxy) is 1. The molecule has 0 bridgehead atoms. The number of carbonyl (C=O) groups excluding carboxylic acids is 2. The minimum Gasteiger partial charge on any atom is -0.497 e. The second kappa shape index (κ2) is 10.8. The van der Waals surface area contributed by atoms with Crippen LogP contribution in [-0.2, 0) is 11.3 Å². The Balaban J connectivity index is 1.42. The van der Waals surface area contributed by atoms with Gasteiger partial charge >= 0.3 is 0 Å². The number of nitrogens with zero attached hydrogens (tertiary/aromatic N) is 2. The predicted octanol–water partition coefficient (Wildman–Crippen LogP) is 2.20. The highest BCUT2D eigenvalue weighted by Crippen LogP contribution is 2.13. The number of nitrogens with one attached hydrogen (secondary N) is 2. The molecule has 1 fully saturated rings. The van der Waals surface area contributed by atoms with E-state index in [0.717, 1.165) is 45.0 Å². The Morgan fingerprint density at radius 2 is 1.57 bits per heavy atom. The molecule has 3 rings (SSSR count). The van der Waals surface area contributed by atoms with Crippen LogP contribution in [0.4, 0.5) is 5.69 Å². The highest BCUT2D eigenvalue weighted by molar-refractivity contribution is 5.99. The molecule has 0 spiro atoms. The lowest BCUT2D eigenvalue weighted by Gasteiger charge is -2.34. The molecule has 0 aromatic heterocycles. The molecule has 0 aliphatic carbocycles. The first-order chi connectivity index (χ1) is 14.6. The van der Waals surface area contributed by atoms with Crippen LogP contribution in [0.15, 0.2) is 48.5 Å². The van der Waals surface area contributed by atoms with Crippen molar-refractivity contribution in [3.05, 3.63) is 59.7 Å². The van der Waals surface area contributed by atoms with Crippen LogP contribution >= 0.6 is 0 Å². The Morgan fingerprint density at radius 3 is 2.17 bits per heavy atom. The minimum absolute atomic E-state index is 0.0890. The second-order valence-electron chi connectivity index (χ2n) is 7.37. The molecule has 160 valence electrons. The highest BCUT2D eigenvalue weighted by atomic mass is 16.5. The second-order valence-corrected chi connectivity index (χ2v) is 7.37. The van der Waals surface area contributed by atoms with Crippen LogP contribution in [0.3, 0.4) is 0 Å². The molecule has 7 heteroatoms. The first-order valence-corrected chi connectivity index (χ1v) is 10.3. The molecule has 2 aromatic rings. The largest absolute Gasteiger partial charge is 0.497 e. The molecule has 2 aromatic carbocycles. The topological polar surface area (TPSA) is 73.9 Å². The van der Waals surface area contributed by atoms with E-state index in [2.05, 4.69) is 27.4 Å². The van der Waals surface area contributed by atoms with Crippen molar-refractivity contribution in [3.63, 3.8) is 0 Å². The minimum atomic E-state index is -0.300. The van der Waals surface area contributed by atoms with E-state index >= 15 is 0 Å². The summed E-state index contributed by atoms with van der Waals surface area (Å²) in [5.74, 6) is 0.113. The van der Waals surface area contributed by atoms with E-state index in [1.807, 2.05) is 24.3 Å². The summed E-state index contributed by atoms with van der Waals surface area (Å²) >= 11 is 0. The number of piperazine rings is 1. The molecule has 7 nitrogen and oxygen atoms in total. The Morgan fingerprint density at radius 1 is 0.933 bits per heavy atom. The van der Waals surface area contributed by atoms with Crippen LogP contribution in [0.25, 0.3) is 0 Å². The monoisotopic (exact) mass is 410 g/mol. The SMILES string of the molecule is CCN1CCN(Cc2ccc(NC(=O)CNC(=O)c3ccc(OC)cc3)cc2)CC1. The van der Waals surface area contributed by atoms with E-state index in [1.165, 1.54) is 5.56 Å². The Hall–Kier alpha value is -2.90. The van der Waals surface area contributed by atoms with Crippen molar-refractivity contribution in [3.8, 4) is 5.75 Å². The van der Waals surface area contributed by atoms with Crippen LogP contribution in [0.1, 0.15) is 22.8 Å². The van der Waals surface area contributed by atoms with Crippen LogP contribution in [-0.4, -0.2) is 68.0 Å². The van der Waals surface area contributed by atoms with Gasteiger partial charge in [0.25, 0.3) is 5.91 Å². The maximum absolute atomic E-state index is 12.2. The number of methoxy groups -OCH3 is 1. The third-order valence-corrected chi connectivity index (χ3v) is 5.32. The van der Waals surface area contributed by atoms with Gasteiger partial charge in [-0.25, -0.2) is 0 Å². The number of amides is 2. The molecular formula is C23H30N4O3. The van der Waals surface area contributed by atoms with Gasteiger partial charge in [0.05, 0.1) is 13.7 Å². The molecule has 0 saturated carbocycles. The number of benzene rings is 2. The Labute approximate surface area is 178 Å². The van der Waals surface area contributed by atoms with Crippen molar-refractivity contribution in [1.29, 1.82) is 0 Å². The van der Waals surface area contributed by atoms with Crippen LogP contribution in [0.2, 0.25) is 0 Å². The van der Waals surface area contributed by atoms with Gasteiger partial charge in [0.15, 0.2) is 0 Å². The van der Waals surface area contributed by atoms with E-state index in [9.17, 15) is 9.59 Å². The smallest absolute Gasteiger partial charge is 0.251 e. The highest BCUT2D eigenvalue weighted by Gasteiger charge is 2.15. The summed E-state index contributed by atoms with van der Waals surface area (Å²) in [6.07, 6.45) is 0. The van der Waals surface area contributed by atoms with Gasteiger partial charge in [-0.15, -0.1) is 0 Å². The van der Waals surface area contributed by atoms with Crippen LogP contribution in [0, 0.1) is 0 Å². The number of carbonyl (C=O) groups is 2. The zero-order valence-electron chi connectivity index (χ0n) is 17.7. The van der Waals surface area contributed by atoms with Gasteiger partial charge in [-0.1, -0.05) is 19.1 Å². The zero-order chi connectivity index (χ0) is 21.3. The molecule has 1 heterocycles. The van der Waals surface area contributed by atoms with Crippen molar-refractivity contribution in [2.75, 3.05) is 51.7 Å². The van der Waals surface area contributed by atoms with E-state index in [1.54, 1.807) is 31.4 Å². The first-order valence-electron chi connectivity index (χ1n) is 10.3. The summed E-state index contributed by atoms with van der Waals surface area (Å²) < 4.78 is 5.07. The molecule has 0 unspecified atom stereocenters. The molecule has 1 aliphatic heterocycles. The average molecular weight is 411 g/mol. The van der Waals surface area contributed by atoms with E-state index in [0.29, 0.717) is 11.3 Å². The van der Waals surface area contributed by atoms with Gasteiger partial charge in [-0.05, 0) is 48.5 Å². The Bertz CT molecular complexity index is 829. The summed E-state index contributed by atoms with van der Waals surface area (Å²) in [5, 5.41) is 5.45. The van der Waals surface area contributed by atoms with E-state index in [-0.39, 0.29) is 18.4 Å². The van der Waals surface area contributed by atoms with E-state index < -0.39 is 0 Å².